The Bertz CT molecular complexity index is 1180. The van der Waals surface area contributed by atoms with Gasteiger partial charge in [0.05, 0.1) is 5.41 Å². The number of carbonyl (C=O) groups is 2. The van der Waals surface area contributed by atoms with E-state index in [1.54, 1.807) is 0 Å². The van der Waals surface area contributed by atoms with Gasteiger partial charge in [-0.3, -0.25) is 9.59 Å². The average molecular weight is 527 g/mol. The van der Waals surface area contributed by atoms with Crippen molar-refractivity contribution < 1.29 is 9.59 Å². The van der Waals surface area contributed by atoms with Gasteiger partial charge in [0.1, 0.15) is 6.04 Å². The second kappa shape index (κ2) is 11.2. The van der Waals surface area contributed by atoms with E-state index in [1.165, 1.54) is 0 Å². The van der Waals surface area contributed by atoms with E-state index in [-0.39, 0.29) is 12.3 Å². The Balaban J connectivity index is 1.74. The number of primary amides is 1. The van der Waals surface area contributed by atoms with Crippen LogP contribution in [0.5, 0.6) is 0 Å². The van der Waals surface area contributed by atoms with Gasteiger partial charge in [0.25, 0.3) is 0 Å². The third-order valence-electron chi connectivity index (χ3n) is 6.29. The van der Waals surface area contributed by atoms with Gasteiger partial charge < -0.3 is 11.1 Å². The van der Waals surface area contributed by atoms with Gasteiger partial charge >= 0.3 is 0 Å². The molecule has 2 amide bonds. The molecule has 4 aromatic carbocycles. The van der Waals surface area contributed by atoms with Gasteiger partial charge in [-0.25, -0.2) is 0 Å². The smallest absolute Gasteiger partial charge is 0.240 e. The average Bonchev–Trinajstić information content (AvgIpc) is 2.89. The molecule has 0 radical (unpaired) electrons. The number of rotatable bonds is 9. The normalized spacial score (nSPS) is 12.0. The first-order valence-electron chi connectivity index (χ1n) is 11.5. The second-order valence-corrected chi connectivity index (χ2v) is 9.35. The highest BCUT2D eigenvalue weighted by Crippen LogP contribution is 2.42. The molecule has 0 spiro atoms. The molecule has 3 N–H and O–H groups in total. The number of hydrogen-bond acceptors (Lipinski definition) is 2. The first kappa shape index (κ1) is 24.4. The lowest BCUT2D eigenvalue weighted by Crippen LogP contribution is -2.48. The molecule has 0 aliphatic rings. The van der Waals surface area contributed by atoms with Crippen molar-refractivity contribution >= 4 is 27.7 Å². The minimum Gasteiger partial charge on any atom is -0.368 e. The lowest BCUT2D eigenvalue weighted by molar-refractivity contribution is -0.127. The fraction of sp³-hybridized carbons (Fsp3) is 0.133. The van der Waals surface area contributed by atoms with Crippen LogP contribution in [0.1, 0.15) is 28.7 Å². The van der Waals surface area contributed by atoms with E-state index in [9.17, 15) is 9.59 Å². The van der Waals surface area contributed by atoms with Crippen molar-refractivity contribution in [3.05, 3.63) is 142 Å². The molecule has 0 heterocycles. The Hall–Kier alpha value is -3.70. The number of halogens is 1. The number of nitrogens with two attached hydrogens (primary N) is 1. The zero-order chi connectivity index (χ0) is 24.7. The number of nitrogens with one attached hydrogen (secondary N) is 1. The summed E-state index contributed by atoms with van der Waals surface area (Å²) in [4.78, 5) is 26.0. The Morgan fingerprint density at radius 3 is 1.57 bits per heavy atom. The van der Waals surface area contributed by atoms with Gasteiger partial charge in [-0.2, -0.15) is 0 Å². The highest BCUT2D eigenvalue weighted by atomic mass is 79.9. The fourth-order valence-electron chi connectivity index (χ4n) is 4.57. The molecule has 0 unspecified atom stereocenters. The molecule has 35 heavy (non-hydrogen) atoms. The maximum absolute atomic E-state index is 13.6. The molecule has 1 atom stereocenters. The molecule has 4 aromatic rings. The standard InChI is InChI=1S/C30H27BrN2O2/c31-26-19-11-10-12-22(26)20-27(29(32)35)33-28(34)21-30(23-13-4-1-5-14-23,24-15-6-2-7-16-24)25-17-8-3-9-18-25/h1-19,27H,20-21H2,(H2,32,35)(H,33,34)/t27-/m0/s1. The molecule has 0 fully saturated rings. The maximum atomic E-state index is 13.6. The SMILES string of the molecule is NC(=O)[C@H](Cc1ccccc1Br)NC(=O)CC(c1ccccc1)(c1ccccc1)c1ccccc1. The highest BCUT2D eigenvalue weighted by Gasteiger charge is 2.39. The van der Waals surface area contributed by atoms with Gasteiger partial charge in [-0.1, -0.05) is 125 Å². The third kappa shape index (κ3) is 5.52. The van der Waals surface area contributed by atoms with Crippen LogP contribution in [0.25, 0.3) is 0 Å². The number of amides is 2. The fourth-order valence-corrected chi connectivity index (χ4v) is 5.01. The summed E-state index contributed by atoms with van der Waals surface area (Å²) in [5, 5.41) is 2.92. The summed E-state index contributed by atoms with van der Waals surface area (Å²) in [5.41, 5.74) is 8.85. The summed E-state index contributed by atoms with van der Waals surface area (Å²) in [5.74, 6) is -0.823. The topological polar surface area (TPSA) is 72.2 Å². The molecular weight excluding hydrogens is 500 g/mol. The molecule has 0 saturated carbocycles. The minimum absolute atomic E-state index is 0.116. The minimum atomic E-state index is -0.832. The van der Waals surface area contributed by atoms with Crippen LogP contribution in [0.3, 0.4) is 0 Å². The Morgan fingerprint density at radius 2 is 1.14 bits per heavy atom. The molecule has 176 valence electrons. The van der Waals surface area contributed by atoms with Gasteiger partial charge in [0.2, 0.25) is 11.8 Å². The van der Waals surface area contributed by atoms with Crippen LogP contribution < -0.4 is 11.1 Å². The van der Waals surface area contributed by atoms with Crippen LogP contribution in [0, 0.1) is 0 Å². The maximum Gasteiger partial charge on any atom is 0.240 e. The van der Waals surface area contributed by atoms with E-state index in [2.05, 4.69) is 21.2 Å². The largest absolute Gasteiger partial charge is 0.368 e. The van der Waals surface area contributed by atoms with Gasteiger partial charge in [-0.05, 0) is 28.3 Å². The predicted octanol–water partition coefficient (Wildman–Crippen LogP) is 5.39. The molecule has 4 rings (SSSR count). The molecule has 0 aromatic heterocycles. The van der Waals surface area contributed by atoms with Gasteiger partial charge in [0.15, 0.2) is 0 Å². The summed E-state index contributed by atoms with van der Waals surface area (Å²) in [6.07, 6.45) is 0.419. The number of benzene rings is 4. The van der Waals surface area contributed by atoms with Crippen LogP contribution >= 0.6 is 15.9 Å². The molecule has 0 bridgehead atoms. The quantitative estimate of drug-likeness (QED) is 0.287. The van der Waals surface area contributed by atoms with Crippen LogP contribution in [0.15, 0.2) is 120 Å². The number of carbonyl (C=O) groups excluding carboxylic acids is 2. The molecule has 0 aliphatic heterocycles. The van der Waals surface area contributed by atoms with Crippen LogP contribution in [-0.4, -0.2) is 17.9 Å². The first-order chi connectivity index (χ1) is 17.0. The van der Waals surface area contributed by atoms with Crippen molar-refractivity contribution in [3.8, 4) is 0 Å². The second-order valence-electron chi connectivity index (χ2n) is 8.50. The molecule has 4 nitrogen and oxygen atoms in total. The van der Waals surface area contributed by atoms with E-state index >= 15 is 0 Å². The monoisotopic (exact) mass is 526 g/mol. The van der Waals surface area contributed by atoms with Crippen molar-refractivity contribution in [2.75, 3.05) is 0 Å². The van der Waals surface area contributed by atoms with Gasteiger partial charge in [0, 0.05) is 17.3 Å². The zero-order valence-corrected chi connectivity index (χ0v) is 20.8. The third-order valence-corrected chi connectivity index (χ3v) is 7.06. The summed E-state index contributed by atoms with van der Waals surface area (Å²) in [7, 11) is 0. The molecule has 0 saturated heterocycles. The summed E-state index contributed by atoms with van der Waals surface area (Å²) >= 11 is 3.52. The summed E-state index contributed by atoms with van der Waals surface area (Å²) in [6.45, 7) is 0. The van der Waals surface area contributed by atoms with E-state index in [4.69, 9.17) is 5.73 Å². The van der Waals surface area contributed by atoms with Crippen LogP contribution in [-0.2, 0) is 21.4 Å². The van der Waals surface area contributed by atoms with Crippen molar-refractivity contribution in [2.45, 2.75) is 24.3 Å². The summed E-state index contributed by atoms with van der Waals surface area (Å²) < 4.78 is 0.868. The van der Waals surface area contributed by atoms with Crippen molar-refractivity contribution in [2.24, 2.45) is 5.73 Å². The molecule has 0 aliphatic carbocycles. The lowest BCUT2D eigenvalue weighted by Gasteiger charge is -2.36. The van der Waals surface area contributed by atoms with Crippen molar-refractivity contribution in [3.63, 3.8) is 0 Å². The van der Waals surface area contributed by atoms with Crippen LogP contribution in [0.2, 0.25) is 0 Å². The molecule has 5 heteroatoms. The Morgan fingerprint density at radius 1 is 0.714 bits per heavy atom. The Kier molecular flexibility index (Phi) is 7.78. The Labute approximate surface area is 214 Å². The van der Waals surface area contributed by atoms with E-state index < -0.39 is 17.4 Å². The number of hydrogen-bond donors (Lipinski definition) is 2. The van der Waals surface area contributed by atoms with Gasteiger partial charge in [-0.15, -0.1) is 0 Å². The van der Waals surface area contributed by atoms with E-state index in [0.717, 1.165) is 26.7 Å². The van der Waals surface area contributed by atoms with Crippen LogP contribution in [0.4, 0.5) is 0 Å². The lowest BCUT2D eigenvalue weighted by atomic mass is 9.67. The molecular formula is C30H27BrN2O2. The summed E-state index contributed by atoms with van der Waals surface area (Å²) in [6, 6.07) is 36.8. The van der Waals surface area contributed by atoms with Crippen molar-refractivity contribution in [1.29, 1.82) is 0 Å². The van der Waals surface area contributed by atoms with E-state index in [1.807, 2.05) is 115 Å². The first-order valence-corrected chi connectivity index (χ1v) is 12.3. The predicted molar refractivity (Wildman–Crippen MR) is 143 cm³/mol. The highest BCUT2D eigenvalue weighted by molar-refractivity contribution is 9.10. The zero-order valence-electron chi connectivity index (χ0n) is 19.2. The van der Waals surface area contributed by atoms with E-state index in [0.29, 0.717) is 6.42 Å². The van der Waals surface area contributed by atoms with Crippen molar-refractivity contribution in [1.82, 2.24) is 5.32 Å².